The Morgan fingerprint density at radius 3 is 2.42 bits per heavy atom. The normalized spacial score (nSPS) is 12.0. The minimum atomic E-state index is -3.60. The molecule has 1 heterocycles. The van der Waals surface area contributed by atoms with E-state index < -0.39 is 9.84 Å². The lowest BCUT2D eigenvalue weighted by atomic mass is 9.98. The largest absolute Gasteiger partial charge is 0.508 e. The monoisotopic (exact) mass is 355 g/mol. The maximum Gasteiger partial charge on any atom is 0.249 e. The summed E-state index contributed by atoms with van der Waals surface area (Å²) in [4.78, 5) is 0. The summed E-state index contributed by atoms with van der Waals surface area (Å²) in [6.07, 6.45) is 1.04. The molecule has 0 fully saturated rings. The summed E-state index contributed by atoms with van der Waals surface area (Å²) >= 11 is 0. The number of hydrogen-bond donors (Lipinski definition) is 2. The summed E-state index contributed by atoms with van der Waals surface area (Å²) in [5.41, 5.74) is 0.917. The summed E-state index contributed by atoms with van der Waals surface area (Å²) in [5, 5.41) is 27.6. The molecule has 0 atom stereocenters. The first-order chi connectivity index (χ1) is 11.2. The molecule has 0 aliphatic heterocycles. The minimum Gasteiger partial charge on any atom is -0.508 e. The lowest BCUT2D eigenvalue weighted by molar-refractivity contribution is 0.185. The standard InChI is InChI=1S/C15H21N3O5S/c1-9(2)10-7-11(13(20)8-12(10)19)14-16-17-15(24(4,21)22)18(14)5-6-23-3/h7-9,19-20H,5-6H2,1-4H3. The first kappa shape index (κ1) is 18.2. The van der Waals surface area contributed by atoms with Gasteiger partial charge in [0.15, 0.2) is 5.82 Å². The van der Waals surface area contributed by atoms with Crippen LogP contribution < -0.4 is 0 Å². The number of phenols is 2. The van der Waals surface area contributed by atoms with Gasteiger partial charge in [0.1, 0.15) is 11.5 Å². The van der Waals surface area contributed by atoms with E-state index in [1.165, 1.54) is 17.7 Å². The third kappa shape index (κ3) is 3.51. The van der Waals surface area contributed by atoms with Crippen molar-refractivity contribution >= 4 is 9.84 Å². The molecule has 8 nitrogen and oxygen atoms in total. The first-order valence-corrected chi connectivity index (χ1v) is 9.24. The molecule has 0 bridgehead atoms. The van der Waals surface area contributed by atoms with Gasteiger partial charge in [-0.05, 0) is 17.5 Å². The highest BCUT2D eigenvalue weighted by Gasteiger charge is 2.24. The molecule has 0 unspecified atom stereocenters. The fourth-order valence-corrected chi connectivity index (χ4v) is 3.15. The molecule has 0 radical (unpaired) electrons. The molecule has 0 saturated heterocycles. The third-order valence-electron chi connectivity index (χ3n) is 3.58. The van der Waals surface area contributed by atoms with Gasteiger partial charge in [0.05, 0.1) is 18.7 Å². The predicted octanol–water partition coefficient (Wildman–Crippen LogP) is 1.53. The van der Waals surface area contributed by atoms with Gasteiger partial charge in [-0.1, -0.05) is 13.8 Å². The van der Waals surface area contributed by atoms with Crippen molar-refractivity contribution in [2.24, 2.45) is 0 Å². The van der Waals surface area contributed by atoms with E-state index in [1.54, 1.807) is 6.07 Å². The third-order valence-corrected chi connectivity index (χ3v) is 4.54. The van der Waals surface area contributed by atoms with E-state index in [0.717, 1.165) is 6.26 Å². The lowest BCUT2D eigenvalue weighted by Crippen LogP contribution is -2.13. The summed E-state index contributed by atoms with van der Waals surface area (Å²) in [6, 6.07) is 2.81. The number of rotatable bonds is 6. The average Bonchev–Trinajstić information content (AvgIpc) is 2.88. The Morgan fingerprint density at radius 2 is 1.88 bits per heavy atom. The maximum atomic E-state index is 11.9. The Balaban J connectivity index is 2.68. The van der Waals surface area contributed by atoms with Gasteiger partial charge in [-0.2, -0.15) is 0 Å². The van der Waals surface area contributed by atoms with E-state index in [0.29, 0.717) is 11.1 Å². The van der Waals surface area contributed by atoms with Crippen LogP contribution in [0, 0.1) is 0 Å². The van der Waals surface area contributed by atoms with Crippen molar-refractivity contribution < 1.29 is 23.4 Å². The predicted molar refractivity (Wildman–Crippen MR) is 87.9 cm³/mol. The summed E-state index contributed by atoms with van der Waals surface area (Å²) in [6.45, 7) is 4.25. The fourth-order valence-electron chi connectivity index (χ4n) is 2.38. The van der Waals surface area contributed by atoms with Crippen molar-refractivity contribution in [1.29, 1.82) is 0 Å². The van der Waals surface area contributed by atoms with Gasteiger partial charge in [-0.3, -0.25) is 4.57 Å². The Morgan fingerprint density at radius 1 is 1.21 bits per heavy atom. The summed E-state index contributed by atoms with van der Waals surface area (Å²) in [7, 11) is -2.10. The van der Waals surface area contributed by atoms with Crippen molar-refractivity contribution in [3.8, 4) is 22.9 Å². The molecule has 24 heavy (non-hydrogen) atoms. The second kappa shape index (κ2) is 6.78. The van der Waals surface area contributed by atoms with E-state index in [1.807, 2.05) is 13.8 Å². The lowest BCUT2D eigenvalue weighted by Gasteiger charge is -2.14. The van der Waals surface area contributed by atoms with Gasteiger partial charge in [0.25, 0.3) is 0 Å². The molecule has 0 aliphatic rings. The number of methoxy groups -OCH3 is 1. The number of benzene rings is 1. The Bertz CT molecular complexity index is 843. The number of nitrogens with zero attached hydrogens (tertiary/aromatic N) is 3. The summed E-state index contributed by atoms with van der Waals surface area (Å²) in [5.74, 6) is -0.0264. The minimum absolute atomic E-state index is 0.00840. The van der Waals surface area contributed by atoms with Crippen LogP contribution in [0.2, 0.25) is 0 Å². The van der Waals surface area contributed by atoms with E-state index in [-0.39, 0.29) is 41.5 Å². The van der Waals surface area contributed by atoms with Crippen molar-refractivity contribution in [1.82, 2.24) is 14.8 Å². The average molecular weight is 355 g/mol. The number of hydrogen-bond acceptors (Lipinski definition) is 7. The zero-order valence-electron chi connectivity index (χ0n) is 14.0. The molecular weight excluding hydrogens is 334 g/mol. The molecule has 9 heteroatoms. The van der Waals surface area contributed by atoms with Gasteiger partial charge in [0.2, 0.25) is 15.0 Å². The zero-order chi connectivity index (χ0) is 18.1. The fraction of sp³-hybridized carbons (Fsp3) is 0.467. The zero-order valence-corrected chi connectivity index (χ0v) is 14.8. The molecule has 1 aromatic heterocycles. The number of aromatic nitrogens is 3. The number of ether oxygens (including phenoxy) is 1. The first-order valence-electron chi connectivity index (χ1n) is 7.35. The maximum absolute atomic E-state index is 11.9. The van der Waals surface area contributed by atoms with Crippen LogP contribution >= 0.6 is 0 Å². The van der Waals surface area contributed by atoms with Crippen molar-refractivity contribution in [3.05, 3.63) is 17.7 Å². The van der Waals surface area contributed by atoms with Crippen LogP contribution in [0.25, 0.3) is 11.4 Å². The van der Waals surface area contributed by atoms with E-state index in [4.69, 9.17) is 4.74 Å². The van der Waals surface area contributed by atoms with E-state index in [9.17, 15) is 18.6 Å². The number of sulfone groups is 1. The highest BCUT2D eigenvalue weighted by atomic mass is 32.2. The van der Waals surface area contributed by atoms with Crippen LogP contribution in [-0.2, 0) is 21.1 Å². The van der Waals surface area contributed by atoms with Gasteiger partial charge in [-0.15, -0.1) is 10.2 Å². The van der Waals surface area contributed by atoms with Gasteiger partial charge in [-0.25, -0.2) is 8.42 Å². The molecule has 2 N–H and O–H groups in total. The highest BCUT2D eigenvalue weighted by Crippen LogP contribution is 2.37. The van der Waals surface area contributed by atoms with Gasteiger partial charge in [0, 0.05) is 19.4 Å². The molecule has 0 aliphatic carbocycles. The quantitative estimate of drug-likeness (QED) is 0.807. The molecule has 2 aromatic rings. The van der Waals surface area contributed by atoms with E-state index in [2.05, 4.69) is 10.2 Å². The Labute approximate surface area is 140 Å². The van der Waals surface area contributed by atoms with Crippen molar-refractivity contribution in [2.75, 3.05) is 20.0 Å². The van der Waals surface area contributed by atoms with Gasteiger partial charge < -0.3 is 14.9 Å². The molecule has 2 rings (SSSR count). The van der Waals surface area contributed by atoms with Crippen LogP contribution in [0.4, 0.5) is 0 Å². The van der Waals surface area contributed by atoms with E-state index >= 15 is 0 Å². The van der Waals surface area contributed by atoms with Crippen LogP contribution in [0.5, 0.6) is 11.5 Å². The van der Waals surface area contributed by atoms with Crippen LogP contribution in [0.3, 0.4) is 0 Å². The topological polar surface area (TPSA) is 115 Å². The van der Waals surface area contributed by atoms with Crippen LogP contribution in [-0.4, -0.2) is 53.4 Å². The molecule has 1 aromatic carbocycles. The van der Waals surface area contributed by atoms with Crippen LogP contribution in [0.1, 0.15) is 25.3 Å². The second-order valence-electron chi connectivity index (χ2n) is 5.81. The number of aromatic hydroxyl groups is 2. The second-order valence-corrected chi connectivity index (χ2v) is 7.72. The Hall–Kier alpha value is -2.13. The molecular formula is C15H21N3O5S. The molecule has 0 saturated carbocycles. The van der Waals surface area contributed by atoms with Crippen molar-refractivity contribution in [2.45, 2.75) is 31.5 Å². The van der Waals surface area contributed by atoms with Gasteiger partial charge >= 0.3 is 0 Å². The summed E-state index contributed by atoms with van der Waals surface area (Å²) < 4.78 is 30.2. The smallest absolute Gasteiger partial charge is 0.249 e. The van der Waals surface area contributed by atoms with Crippen LogP contribution in [0.15, 0.2) is 17.3 Å². The Kier molecular flexibility index (Phi) is 5.14. The highest BCUT2D eigenvalue weighted by molar-refractivity contribution is 7.90. The SMILES string of the molecule is COCCn1c(-c2cc(C(C)C)c(O)cc2O)nnc1S(C)(=O)=O. The number of phenolic OH excluding ortho intramolecular Hbond substituents is 2. The molecule has 0 amide bonds. The molecule has 132 valence electrons. The molecule has 0 spiro atoms. The van der Waals surface area contributed by atoms with Crippen molar-refractivity contribution in [3.63, 3.8) is 0 Å².